The van der Waals surface area contributed by atoms with Gasteiger partial charge in [-0.3, -0.25) is 14.1 Å². The summed E-state index contributed by atoms with van der Waals surface area (Å²) in [7, 11) is -4.77. The first kappa shape index (κ1) is 53.2. The maximum atomic E-state index is 12.4. The summed E-state index contributed by atoms with van der Waals surface area (Å²) in [5.74, 6) is -0.100. The molecule has 0 spiro atoms. The molecule has 0 saturated carbocycles. The van der Waals surface area contributed by atoms with Gasteiger partial charge in [-0.25, -0.2) is 4.57 Å². The number of unbranched alkanes of at least 4 members (excludes halogenated alkanes) is 20. The molecule has 1 fully saturated rings. The minimum atomic E-state index is -4.77. The van der Waals surface area contributed by atoms with Crippen molar-refractivity contribution in [2.45, 2.75) is 232 Å². The number of carbonyl (C=O) groups excluding carboxylic acids is 2. The first-order valence-electron chi connectivity index (χ1n) is 23.3. The monoisotopic (exact) mass is 825 g/mol. The minimum Gasteiger partial charge on any atom is -0.462 e. The number of phosphoric acid groups is 1. The number of epoxide rings is 1. The summed E-state index contributed by atoms with van der Waals surface area (Å²) in [5.41, 5.74) is 0. The van der Waals surface area contributed by atoms with E-state index in [1.54, 1.807) is 0 Å². The molecule has 0 amide bonds. The van der Waals surface area contributed by atoms with Crippen molar-refractivity contribution in [1.29, 1.82) is 0 Å². The fraction of sp³-hybridized carbons (Fsp3) is 0.830. The van der Waals surface area contributed by atoms with E-state index in [2.05, 4.69) is 55.7 Å². The van der Waals surface area contributed by atoms with Crippen LogP contribution < -0.4 is 0 Å². The van der Waals surface area contributed by atoms with Crippen LogP contribution in [0.15, 0.2) is 36.5 Å². The Morgan fingerprint density at radius 1 is 0.614 bits per heavy atom. The van der Waals surface area contributed by atoms with Gasteiger partial charge in [-0.2, -0.15) is 0 Å². The lowest BCUT2D eigenvalue weighted by Crippen LogP contribution is -2.29. The fourth-order valence-corrected chi connectivity index (χ4v) is 7.30. The highest BCUT2D eigenvalue weighted by molar-refractivity contribution is 7.46. The molecule has 1 heterocycles. The van der Waals surface area contributed by atoms with E-state index in [4.69, 9.17) is 24.0 Å². The zero-order valence-corrected chi connectivity index (χ0v) is 37.5. The lowest BCUT2D eigenvalue weighted by Gasteiger charge is -2.18. The third-order valence-corrected chi connectivity index (χ3v) is 11.0. The maximum Gasteiger partial charge on any atom is 0.469 e. The molecule has 2 unspecified atom stereocenters. The summed E-state index contributed by atoms with van der Waals surface area (Å²) in [6.07, 6.45) is 46.3. The van der Waals surface area contributed by atoms with E-state index in [0.717, 1.165) is 44.4 Å². The summed E-state index contributed by atoms with van der Waals surface area (Å²) < 4.78 is 32.1. The van der Waals surface area contributed by atoms with Crippen molar-refractivity contribution in [3.8, 4) is 0 Å². The van der Waals surface area contributed by atoms with Gasteiger partial charge in [0.1, 0.15) is 6.61 Å². The molecule has 0 aromatic rings. The van der Waals surface area contributed by atoms with Crippen LogP contribution in [0.2, 0.25) is 0 Å². The summed E-state index contributed by atoms with van der Waals surface area (Å²) in [4.78, 5) is 43.0. The van der Waals surface area contributed by atoms with Crippen molar-refractivity contribution in [2.75, 3.05) is 13.2 Å². The molecule has 3 atom stereocenters. The second-order valence-corrected chi connectivity index (χ2v) is 17.8. The highest BCUT2D eigenvalue weighted by Gasteiger charge is 2.36. The molecule has 2 N–H and O–H groups in total. The Bertz CT molecular complexity index is 1100. The van der Waals surface area contributed by atoms with Crippen molar-refractivity contribution in [2.24, 2.45) is 5.92 Å². The molecule has 0 radical (unpaired) electrons. The van der Waals surface area contributed by atoms with Gasteiger partial charge in [-0.15, -0.1) is 0 Å². The highest BCUT2D eigenvalue weighted by Crippen LogP contribution is 2.36. The number of carbonyl (C=O) groups is 2. The minimum absolute atomic E-state index is 0.133. The Morgan fingerprint density at radius 2 is 1.12 bits per heavy atom. The predicted molar refractivity (Wildman–Crippen MR) is 234 cm³/mol. The van der Waals surface area contributed by atoms with Crippen LogP contribution in [-0.2, 0) is 32.9 Å². The zero-order valence-electron chi connectivity index (χ0n) is 36.6. The Labute approximate surface area is 348 Å². The van der Waals surface area contributed by atoms with Gasteiger partial charge < -0.3 is 24.0 Å². The standard InChI is InChI=1S/C47H85O9P/c1-4-5-30-36-44-45(56-44)37-32-27-23-19-16-17-21-25-29-34-39-47(49)55-43(41-54-57(50,51)52)40-53-46(48)38-33-28-24-20-15-13-11-9-7-6-8-10-12-14-18-22-26-31-35-42(2)3/h16,19,21,25,27,32,42-45H,4-15,17-18,20,22-24,26,28-31,33-41H2,1-3H3,(H2,50,51,52)/b19-16-,25-21-,32-27-/t43-,44?,45?/m1/s1. The number of rotatable bonds is 41. The maximum absolute atomic E-state index is 12.4. The number of allylic oxidation sites excluding steroid dienone is 5. The second-order valence-electron chi connectivity index (χ2n) is 16.6. The Hall–Kier alpha value is -1.77. The number of esters is 2. The van der Waals surface area contributed by atoms with Crippen LogP contribution in [0.4, 0.5) is 0 Å². The van der Waals surface area contributed by atoms with E-state index in [1.807, 2.05) is 6.08 Å². The largest absolute Gasteiger partial charge is 0.469 e. The van der Waals surface area contributed by atoms with Crippen molar-refractivity contribution < 1.29 is 42.7 Å². The average molecular weight is 825 g/mol. The smallest absolute Gasteiger partial charge is 0.462 e. The molecule has 1 saturated heterocycles. The van der Waals surface area contributed by atoms with Gasteiger partial charge in [-0.1, -0.05) is 192 Å². The molecule has 9 nitrogen and oxygen atoms in total. The molecule has 1 aliphatic heterocycles. The molecule has 57 heavy (non-hydrogen) atoms. The number of ether oxygens (including phenoxy) is 3. The van der Waals surface area contributed by atoms with E-state index in [0.29, 0.717) is 25.0 Å². The van der Waals surface area contributed by atoms with Gasteiger partial charge in [0.15, 0.2) is 6.10 Å². The molecule has 1 aliphatic rings. The van der Waals surface area contributed by atoms with E-state index < -0.39 is 32.5 Å². The van der Waals surface area contributed by atoms with E-state index >= 15 is 0 Å². The summed E-state index contributed by atoms with van der Waals surface area (Å²) in [5, 5.41) is 0. The van der Waals surface area contributed by atoms with E-state index in [9.17, 15) is 14.2 Å². The van der Waals surface area contributed by atoms with Gasteiger partial charge in [0.05, 0.1) is 18.8 Å². The lowest BCUT2D eigenvalue weighted by atomic mass is 10.0. The Morgan fingerprint density at radius 3 is 1.67 bits per heavy atom. The summed E-state index contributed by atoms with van der Waals surface area (Å²) in [6, 6.07) is 0. The quantitative estimate of drug-likeness (QED) is 0.0203. The molecule has 332 valence electrons. The van der Waals surface area contributed by atoms with Crippen LogP contribution in [-0.4, -0.2) is 53.3 Å². The average Bonchev–Trinajstić information content (AvgIpc) is 3.92. The van der Waals surface area contributed by atoms with Crippen molar-refractivity contribution >= 4 is 19.8 Å². The van der Waals surface area contributed by atoms with Crippen molar-refractivity contribution in [3.63, 3.8) is 0 Å². The van der Waals surface area contributed by atoms with Crippen LogP contribution >= 0.6 is 7.82 Å². The second kappa shape index (κ2) is 37.2. The topological polar surface area (TPSA) is 132 Å². The SMILES string of the molecule is CCCCCC1OC1C/C=C\C/C=C\C/C=C\CCCC(=O)O[C@H](COC(=O)CCCCCCCCCCCCCCCCCCCCC(C)C)COP(=O)(O)O. The summed E-state index contributed by atoms with van der Waals surface area (Å²) in [6.45, 7) is 5.99. The van der Waals surface area contributed by atoms with Crippen LogP contribution in [0.3, 0.4) is 0 Å². The molecule has 1 rings (SSSR count). The Kier molecular flexibility index (Phi) is 34.8. The van der Waals surface area contributed by atoms with E-state index in [1.165, 1.54) is 128 Å². The molecular weight excluding hydrogens is 739 g/mol. The zero-order chi connectivity index (χ0) is 41.7. The van der Waals surface area contributed by atoms with Gasteiger partial charge in [0, 0.05) is 12.8 Å². The third kappa shape index (κ3) is 38.2. The molecule has 0 aromatic heterocycles. The van der Waals surface area contributed by atoms with Crippen molar-refractivity contribution in [3.05, 3.63) is 36.5 Å². The lowest BCUT2D eigenvalue weighted by molar-refractivity contribution is -0.161. The van der Waals surface area contributed by atoms with Crippen LogP contribution in [0, 0.1) is 5.92 Å². The van der Waals surface area contributed by atoms with Gasteiger partial charge >= 0.3 is 19.8 Å². The molecule has 0 aliphatic carbocycles. The number of phosphoric ester groups is 1. The molecule has 10 heteroatoms. The number of hydrogen-bond donors (Lipinski definition) is 2. The fourth-order valence-electron chi connectivity index (χ4n) is 6.94. The Balaban J connectivity index is 2.03. The van der Waals surface area contributed by atoms with Gasteiger partial charge in [-0.05, 0) is 50.9 Å². The van der Waals surface area contributed by atoms with Crippen molar-refractivity contribution in [1.82, 2.24) is 0 Å². The third-order valence-electron chi connectivity index (χ3n) is 10.5. The predicted octanol–water partition coefficient (Wildman–Crippen LogP) is 13.4. The van der Waals surface area contributed by atoms with Gasteiger partial charge in [0.2, 0.25) is 0 Å². The number of hydrogen-bond acceptors (Lipinski definition) is 7. The molecule has 0 bridgehead atoms. The molecular formula is C47H85O9P. The normalized spacial score (nSPS) is 16.4. The van der Waals surface area contributed by atoms with Gasteiger partial charge in [0.25, 0.3) is 0 Å². The van der Waals surface area contributed by atoms with E-state index in [-0.39, 0.29) is 19.4 Å². The first-order valence-corrected chi connectivity index (χ1v) is 24.8. The first-order chi connectivity index (χ1) is 27.6. The highest BCUT2D eigenvalue weighted by atomic mass is 31.2. The van der Waals surface area contributed by atoms with Crippen LogP contribution in [0.25, 0.3) is 0 Å². The van der Waals surface area contributed by atoms with Crippen LogP contribution in [0.5, 0.6) is 0 Å². The summed E-state index contributed by atoms with van der Waals surface area (Å²) >= 11 is 0. The van der Waals surface area contributed by atoms with Crippen LogP contribution in [0.1, 0.15) is 213 Å². The molecule has 0 aromatic carbocycles.